The zero-order chi connectivity index (χ0) is 16.7. The number of aromatic amines is 1. The predicted octanol–water partition coefficient (Wildman–Crippen LogP) is 2.96. The second kappa shape index (κ2) is 8.12. The molecule has 0 amide bonds. The number of hydrazone groups is 1. The fraction of sp³-hybridized carbons (Fsp3) is 0.353. The van der Waals surface area contributed by atoms with Gasteiger partial charge in [0.25, 0.3) is 5.56 Å². The molecule has 0 aliphatic rings. The van der Waals surface area contributed by atoms with Crippen molar-refractivity contribution < 1.29 is 4.74 Å². The van der Waals surface area contributed by atoms with E-state index >= 15 is 0 Å². The predicted molar refractivity (Wildman–Crippen MR) is 92.3 cm³/mol. The molecular formula is C17H22N4O2. The maximum atomic E-state index is 11.5. The van der Waals surface area contributed by atoms with E-state index in [9.17, 15) is 4.79 Å². The maximum absolute atomic E-state index is 11.5. The van der Waals surface area contributed by atoms with Gasteiger partial charge in [-0.15, -0.1) is 0 Å². The fourth-order valence-electron chi connectivity index (χ4n) is 2.02. The van der Waals surface area contributed by atoms with Crippen LogP contribution in [0.3, 0.4) is 0 Å². The zero-order valence-corrected chi connectivity index (χ0v) is 13.7. The molecule has 0 bridgehead atoms. The summed E-state index contributed by atoms with van der Waals surface area (Å²) < 4.78 is 5.58. The van der Waals surface area contributed by atoms with Crippen LogP contribution in [0.2, 0.25) is 0 Å². The Balaban J connectivity index is 2.00. The number of ether oxygens (including phenoxy) is 1. The molecule has 6 nitrogen and oxygen atoms in total. The van der Waals surface area contributed by atoms with E-state index in [4.69, 9.17) is 4.74 Å². The average Bonchev–Trinajstić information content (AvgIpc) is 2.48. The van der Waals surface area contributed by atoms with E-state index in [-0.39, 0.29) is 11.7 Å². The van der Waals surface area contributed by atoms with Crippen molar-refractivity contribution in [2.45, 2.75) is 39.7 Å². The molecular weight excluding hydrogens is 292 g/mol. The van der Waals surface area contributed by atoms with Crippen LogP contribution in [-0.2, 0) is 6.42 Å². The first-order chi connectivity index (χ1) is 11.1. The summed E-state index contributed by atoms with van der Waals surface area (Å²) in [6.07, 6.45) is 3.50. The Kier molecular flexibility index (Phi) is 5.91. The number of nitrogens with zero attached hydrogens (tertiary/aromatic N) is 2. The molecule has 0 saturated heterocycles. The highest BCUT2D eigenvalue weighted by molar-refractivity contribution is 5.80. The van der Waals surface area contributed by atoms with Crippen LogP contribution in [0, 0.1) is 0 Å². The lowest BCUT2D eigenvalue weighted by Gasteiger charge is -2.09. The molecule has 1 aromatic heterocycles. The Morgan fingerprint density at radius 2 is 2.09 bits per heavy atom. The normalized spacial score (nSPS) is 11.1. The van der Waals surface area contributed by atoms with Crippen molar-refractivity contribution in [1.82, 2.24) is 9.97 Å². The summed E-state index contributed by atoms with van der Waals surface area (Å²) in [5.74, 6) is 1.17. The first-order valence-corrected chi connectivity index (χ1v) is 7.73. The Labute approximate surface area is 135 Å². The third kappa shape index (κ3) is 5.58. The largest absolute Gasteiger partial charge is 0.491 e. The van der Waals surface area contributed by atoms with Crippen molar-refractivity contribution in [2.75, 3.05) is 5.43 Å². The van der Waals surface area contributed by atoms with Gasteiger partial charge < -0.3 is 4.74 Å². The van der Waals surface area contributed by atoms with Gasteiger partial charge in [-0.3, -0.25) is 9.78 Å². The second-order valence-corrected chi connectivity index (χ2v) is 5.44. The van der Waals surface area contributed by atoms with Crippen molar-refractivity contribution in [2.24, 2.45) is 5.10 Å². The van der Waals surface area contributed by atoms with Crippen LogP contribution in [0.25, 0.3) is 0 Å². The van der Waals surface area contributed by atoms with Crippen LogP contribution in [0.5, 0.6) is 5.75 Å². The Morgan fingerprint density at radius 3 is 2.74 bits per heavy atom. The van der Waals surface area contributed by atoms with E-state index in [2.05, 4.69) is 20.5 Å². The number of hydrogen-bond acceptors (Lipinski definition) is 5. The Hall–Kier alpha value is -2.63. The molecule has 122 valence electrons. The lowest BCUT2D eigenvalue weighted by Crippen LogP contribution is -2.11. The molecule has 0 saturated carbocycles. The van der Waals surface area contributed by atoms with E-state index in [0.29, 0.717) is 5.95 Å². The van der Waals surface area contributed by atoms with Crippen molar-refractivity contribution in [3.05, 3.63) is 51.9 Å². The van der Waals surface area contributed by atoms with Crippen molar-refractivity contribution >= 4 is 12.2 Å². The van der Waals surface area contributed by atoms with Crippen molar-refractivity contribution in [1.29, 1.82) is 0 Å². The summed E-state index contributed by atoms with van der Waals surface area (Å²) in [5, 5.41) is 4.10. The summed E-state index contributed by atoms with van der Waals surface area (Å²) >= 11 is 0. The van der Waals surface area contributed by atoms with E-state index in [1.165, 1.54) is 6.07 Å². The smallest absolute Gasteiger partial charge is 0.252 e. The summed E-state index contributed by atoms with van der Waals surface area (Å²) in [5.41, 5.74) is 4.24. The second-order valence-electron chi connectivity index (χ2n) is 5.44. The highest BCUT2D eigenvalue weighted by Gasteiger charge is 2.00. The third-order valence-electron chi connectivity index (χ3n) is 2.94. The highest BCUT2D eigenvalue weighted by Crippen LogP contribution is 2.12. The SMILES string of the molecule is CCCc1cc(=O)[nH]c(N/N=C/c2ccc(OC(C)C)cc2)n1. The minimum atomic E-state index is -0.184. The molecule has 2 N–H and O–H groups in total. The minimum absolute atomic E-state index is 0.148. The summed E-state index contributed by atoms with van der Waals surface area (Å²) in [6, 6.07) is 9.11. The summed E-state index contributed by atoms with van der Waals surface area (Å²) in [4.78, 5) is 18.5. The van der Waals surface area contributed by atoms with Crippen molar-refractivity contribution in [3.8, 4) is 5.75 Å². The van der Waals surface area contributed by atoms with Gasteiger partial charge >= 0.3 is 0 Å². The average molecular weight is 314 g/mol. The molecule has 0 unspecified atom stereocenters. The standard InChI is InChI=1S/C17H22N4O2/c1-4-5-14-10-16(22)20-17(19-14)21-18-11-13-6-8-15(9-7-13)23-12(2)3/h6-12H,4-5H2,1-3H3,(H2,19,20,21,22)/b18-11+. The van der Waals surface area contributed by atoms with Crippen LogP contribution in [0.1, 0.15) is 38.4 Å². The topological polar surface area (TPSA) is 79.4 Å². The molecule has 2 rings (SSSR count). The van der Waals surface area contributed by atoms with Gasteiger partial charge in [-0.2, -0.15) is 5.10 Å². The number of hydrogen-bond donors (Lipinski definition) is 2. The molecule has 0 radical (unpaired) electrons. The summed E-state index contributed by atoms with van der Waals surface area (Å²) in [6.45, 7) is 6.01. The number of H-pyrrole nitrogens is 1. The lowest BCUT2D eigenvalue weighted by molar-refractivity contribution is 0.242. The van der Waals surface area contributed by atoms with Crippen LogP contribution in [0.15, 0.2) is 40.2 Å². The van der Waals surface area contributed by atoms with Crippen LogP contribution < -0.4 is 15.7 Å². The third-order valence-corrected chi connectivity index (χ3v) is 2.94. The molecule has 0 fully saturated rings. The van der Waals surface area contributed by atoms with Gasteiger partial charge in [0.2, 0.25) is 5.95 Å². The van der Waals surface area contributed by atoms with Gasteiger partial charge in [0.05, 0.1) is 12.3 Å². The molecule has 0 aliphatic heterocycles. The van der Waals surface area contributed by atoms with Gasteiger partial charge in [0.15, 0.2) is 0 Å². The fourth-order valence-corrected chi connectivity index (χ4v) is 2.02. The zero-order valence-electron chi connectivity index (χ0n) is 13.7. The van der Waals surface area contributed by atoms with E-state index in [0.717, 1.165) is 29.8 Å². The molecule has 0 aliphatic carbocycles. The number of rotatable bonds is 7. The molecule has 23 heavy (non-hydrogen) atoms. The number of nitrogens with one attached hydrogen (secondary N) is 2. The van der Waals surface area contributed by atoms with E-state index in [1.54, 1.807) is 6.21 Å². The van der Waals surface area contributed by atoms with Crippen LogP contribution >= 0.6 is 0 Å². The Morgan fingerprint density at radius 1 is 1.35 bits per heavy atom. The molecule has 0 atom stereocenters. The number of benzene rings is 1. The van der Waals surface area contributed by atoms with Crippen molar-refractivity contribution in [3.63, 3.8) is 0 Å². The maximum Gasteiger partial charge on any atom is 0.252 e. The van der Waals surface area contributed by atoms with Gasteiger partial charge in [0.1, 0.15) is 5.75 Å². The number of anilines is 1. The molecule has 6 heteroatoms. The molecule has 1 aromatic carbocycles. The monoisotopic (exact) mass is 314 g/mol. The van der Waals surface area contributed by atoms with Crippen LogP contribution in [0.4, 0.5) is 5.95 Å². The minimum Gasteiger partial charge on any atom is -0.491 e. The van der Waals surface area contributed by atoms with E-state index < -0.39 is 0 Å². The van der Waals surface area contributed by atoms with Gasteiger partial charge in [-0.1, -0.05) is 13.3 Å². The molecule has 1 heterocycles. The summed E-state index contributed by atoms with van der Waals surface area (Å²) in [7, 11) is 0. The van der Waals surface area contributed by atoms with Gasteiger partial charge in [-0.25, -0.2) is 10.4 Å². The quantitative estimate of drug-likeness (QED) is 0.608. The number of aryl methyl sites for hydroxylation is 1. The first kappa shape index (κ1) is 16.7. The van der Waals surface area contributed by atoms with E-state index in [1.807, 2.05) is 45.0 Å². The lowest BCUT2D eigenvalue weighted by atomic mass is 10.2. The molecule has 0 spiro atoms. The van der Waals surface area contributed by atoms with Crippen LogP contribution in [-0.4, -0.2) is 22.3 Å². The Bertz CT molecular complexity index is 705. The highest BCUT2D eigenvalue weighted by atomic mass is 16.5. The van der Waals surface area contributed by atoms with Gasteiger partial charge in [-0.05, 0) is 50.1 Å². The first-order valence-electron chi connectivity index (χ1n) is 7.73. The van der Waals surface area contributed by atoms with Gasteiger partial charge in [0, 0.05) is 11.8 Å². The molecule has 2 aromatic rings. The number of aromatic nitrogens is 2.